The lowest BCUT2D eigenvalue weighted by atomic mass is 10.3. The van der Waals surface area contributed by atoms with Crippen LogP contribution >= 0.6 is 12.4 Å². The molecule has 2 aromatic rings. The Bertz CT molecular complexity index is 533. The lowest BCUT2D eigenvalue weighted by Gasteiger charge is -2.23. The molecule has 3 N–H and O–H groups in total. The Balaban J connectivity index is 0.00000180. The number of rotatable bonds is 5. The number of nitrogens with two attached hydrogens (primary N) is 1. The van der Waals surface area contributed by atoms with Crippen LogP contribution in [0.1, 0.15) is 6.42 Å². The first-order chi connectivity index (χ1) is 8.47. The third-order valence-electron chi connectivity index (χ3n) is 2.88. The average Bonchev–Trinajstić information content (AvgIpc) is 2.62. The molecule has 0 atom stereocenters. The number of aromatic nitrogens is 2. The molecule has 0 aliphatic heterocycles. The second-order valence-electron chi connectivity index (χ2n) is 5.59. The van der Waals surface area contributed by atoms with Gasteiger partial charge in [-0.25, -0.2) is 4.52 Å². The van der Waals surface area contributed by atoms with Crippen LogP contribution in [0.4, 0.5) is 11.5 Å². The highest BCUT2D eigenvalue weighted by Crippen LogP contribution is 2.22. The Labute approximate surface area is 132 Å². The second-order valence-corrected chi connectivity index (χ2v) is 5.59. The molecule has 0 bridgehead atoms. The number of hydrogen-bond donors (Lipinski definition) is 2. The van der Waals surface area contributed by atoms with Gasteiger partial charge in [0.25, 0.3) is 0 Å². The first-order valence-corrected chi connectivity index (χ1v) is 6.24. The molecule has 20 heavy (non-hydrogen) atoms. The number of anilines is 2. The number of halogens is 2. The molecule has 0 radical (unpaired) electrons. The summed E-state index contributed by atoms with van der Waals surface area (Å²) in [6.45, 7) is 2.02. The van der Waals surface area contributed by atoms with E-state index in [2.05, 4.69) is 31.6 Å². The number of pyridine rings is 1. The molecular weight excluding hydrogens is 297 g/mol. The van der Waals surface area contributed by atoms with E-state index in [-0.39, 0.29) is 24.8 Å². The molecule has 0 aliphatic carbocycles. The molecule has 2 aromatic heterocycles. The Kier molecular flexibility index (Phi) is 7.13. The molecule has 2 rings (SSSR count). The van der Waals surface area contributed by atoms with Gasteiger partial charge in [0.2, 0.25) is 0 Å². The topological polar surface area (TPSA) is 55.4 Å². The lowest BCUT2D eigenvalue weighted by Crippen LogP contribution is -3.00. The van der Waals surface area contributed by atoms with Crippen molar-refractivity contribution in [3.05, 3.63) is 24.4 Å². The van der Waals surface area contributed by atoms with Gasteiger partial charge in [0, 0.05) is 19.2 Å². The monoisotopic (exact) mass is 319 g/mol. The third-order valence-corrected chi connectivity index (χ3v) is 2.88. The summed E-state index contributed by atoms with van der Waals surface area (Å²) in [6.07, 6.45) is 3.00. The van der Waals surface area contributed by atoms with Crippen molar-refractivity contribution in [2.75, 3.05) is 45.3 Å². The van der Waals surface area contributed by atoms with E-state index in [9.17, 15) is 0 Å². The molecule has 2 heterocycles. The van der Waals surface area contributed by atoms with Crippen molar-refractivity contribution in [3.63, 3.8) is 0 Å². The van der Waals surface area contributed by atoms with Crippen LogP contribution in [0.15, 0.2) is 24.4 Å². The number of hydrogen-bond acceptors (Lipinski definition) is 3. The number of nitrogens with zero attached hydrogens (tertiary/aromatic N) is 3. The van der Waals surface area contributed by atoms with Crippen LogP contribution < -0.4 is 23.5 Å². The van der Waals surface area contributed by atoms with E-state index in [4.69, 9.17) is 5.73 Å². The Hall–Kier alpha value is -1.17. The predicted molar refractivity (Wildman–Crippen MR) is 82.9 cm³/mol. The zero-order valence-corrected chi connectivity index (χ0v) is 13.7. The first kappa shape index (κ1) is 18.8. The molecule has 0 saturated heterocycles. The maximum atomic E-state index is 6.06. The fourth-order valence-electron chi connectivity index (χ4n) is 1.91. The molecule has 0 unspecified atom stereocenters. The van der Waals surface area contributed by atoms with Gasteiger partial charge in [0.15, 0.2) is 5.82 Å². The second kappa shape index (κ2) is 7.57. The zero-order valence-electron chi connectivity index (χ0n) is 12.1. The van der Waals surface area contributed by atoms with Gasteiger partial charge in [-0.2, -0.15) is 0 Å². The van der Waals surface area contributed by atoms with Crippen molar-refractivity contribution in [2.45, 2.75) is 6.42 Å². The van der Waals surface area contributed by atoms with Crippen LogP contribution in [0.2, 0.25) is 0 Å². The Morgan fingerprint density at radius 1 is 1.30 bits per heavy atom. The van der Waals surface area contributed by atoms with Crippen LogP contribution in [-0.2, 0) is 0 Å². The highest BCUT2D eigenvalue weighted by Gasteiger charge is 2.09. The van der Waals surface area contributed by atoms with Gasteiger partial charge >= 0.3 is 0 Å². The predicted octanol–water partition coefficient (Wildman–Crippen LogP) is -1.15. The largest absolute Gasteiger partial charge is 1.00 e. The van der Waals surface area contributed by atoms with Gasteiger partial charge in [-0.05, 0) is 12.1 Å². The number of nitrogens with one attached hydrogen (secondary N) is 1. The van der Waals surface area contributed by atoms with Crippen LogP contribution in [-0.4, -0.2) is 48.3 Å². The minimum absolute atomic E-state index is 0. The molecule has 0 aromatic carbocycles. The van der Waals surface area contributed by atoms with E-state index in [1.807, 2.05) is 24.4 Å². The number of quaternary nitrogens is 1. The van der Waals surface area contributed by atoms with Crippen molar-refractivity contribution in [2.24, 2.45) is 0 Å². The summed E-state index contributed by atoms with van der Waals surface area (Å²) in [5, 5.41) is 7.73. The van der Waals surface area contributed by atoms with Crippen LogP contribution in [0, 0.1) is 0 Å². The first-order valence-electron chi connectivity index (χ1n) is 6.24. The van der Waals surface area contributed by atoms with Crippen LogP contribution in [0.3, 0.4) is 0 Å². The average molecular weight is 320 g/mol. The highest BCUT2D eigenvalue weighted by molar-refractivity contribution is 5.85. The zero-order chi connectivity index (χ0) is 13.2. The fraction of sp³-hybridized carbons (Fsp3) is 0.462. The lowest BCUT2D eigenvalue weighted by molar-refractivity contribution is -0.870. The van der Waals surface area contributed by atoms with Gasteiger partial charge in [0.05, 0.1) is 33.2 Å². The number of fused-ring (bicyclic) bond motifs is 1. The fourth-order valence-corrected chi connectivity index (χ4v) is 1.91. The summed E-state index contributed by atoms with van der Waals surface area (Å²) in [5.41, 5.74) is 7.73. The summed E-state index contributed by atoms with van der Waals surface area (Å²) in [5.74, 6) is 0.780. The molecular formula is C13H23Cl2N5. The van der Waals surface area contributed by atoms with Gasteiger partial charge in [-0.15, -0.1) is 17.5 Å². The molecule has 0 aliphatic rings. The third kappa shape index (κ3) is 4.74. The summed E-state index contributed by atoms with van der Waals surface area (Å²) >= 11 is 0. The molecule has 0 fully saturated rings. The maximum absolute atomic E-state index is 6.06. The number of nitrogen functional groups attached to an aromatic ring is 1. The summed E-state index contributed by atoms with van der Waals surface area (Å²) in [4.78, 5) is 0. The Morgan fingerprint density at radius 3 is 2.60 bits per heavy atom. The Morgan fingerprint density at radius 2 is 2.00 bits per heavy atom. The van der Waals surface area contributed by atoms with Crippen molar-refractivity contribution >= 4 is 29.4 Å². The van der Waals surface area contributed by atoms with Crippen LogP contribution in [0.25, 0.3) is 5.52 Å². The van der Waals surface area contributed by atoms with E-state index >= 15 is 0 Å². The van der Waals surface area contributed by atoms with Gasteiger partial charge in [0.1, 0.15) is 5.69 Å². The molecule has 5 nitrogen and oxygen atoms in total. The molecule has 7 heteroatoms. The normalized spacial score (nSPS) is 10.8. The molecule has 0 saturated carbocycles. The van der Waals surface area contributed by atoms with Crippen molar-refractivity contribution in [1.82, 2.24) is 9.61 Å². The standard InChI is InChI=1S/C13H22N5.2ClH/c1-18(2,3)10-6-8-15-13-12(14)11-7-4-5-9-17(11)16-13;;/h4-5,7,9H,6,8,10,14H2,1-3H3,(H,15,16);2*1H/q+1;;/p-1. The minimum atomic E-state index is 0. The van der Waals surface area contributed by atoms with E-state index in [1.165, 1.54) is 0 Å². The quantitative estimate of drug-likeness (QED) is 0.540. The summed E-state index contributed by atoms with van der Waals surface area (Å²) < 4.78 is 2.78. The minimum Gasteiger partial charge on any atom is -1.00 e. The van der Waals surface area contributed by atoms with E-state index in [1.54, 1.807) is 4.52 Å². The molecule has 0 spiro atoms. The van der Waals surface area contributed by atoms with Crippen molar-refractivity contribution in [1.29, 1.82) is 0 Å². The smallest absolute Gasteiger partial charge is 0.172 e. The van der Waals surface area contributed by atoms with Gasteiger partial charge < -0.3 is 27.9 Å². The van der Waals surface area contributed by atoms with Gasteiger partial charge in [-0.1, -0.05) is 6.07 Å². The van der Waals surface area contributed by atoms with E-state index < -0.39 is 0 Å². The molecule has 114 valence electrons. The highest BCUT2D eigenvalue weighted by atomic mass is 35.5. The molecule has 0 amide bonds. The van der Waals surface area contributed by atoms with Gasteiger partial charge in [-0.3, -0.25) is 0 Å². The summed E-state index contributed by atoms with van der Waals surface area (Å²) in [6, 6.07) is 5.88. The van der Waals surface area contributed by atoms with E-state index in [0.717, 1.165) is 41.0 Å². The van der Waals surface area contributed by atoms with Crippen molar-refractivity contribution < 1.29 is 16.9 Å². The van der Waals surface area contributed by atoms with Crippen molar-refractivity contribution in [3.8, 4) is 0 Å². The van der Waals surface area contributed by atoms with E-state index in [0.29, 0.717) is 0 Å². The van der Waals surface area contributed by atoms with Crippen LogP contribution in [0.5, 0.6) is 0 Å². The SMILES string of the molecule is C[N+](C)(C)CCCNc1nn2ccccc2c1N.Cl.[Cl-]. The summed E-state index contributed by atoms with van der Waals surface area (Å²) in [7, 11) is 6.58. The maximum Gasteiger partial charge on any atom is 0.172 e.